The van der Waals surface area contributed by atoms with Crippen molar-refractivity contribution in [3.8, 4) is 0 Å². The number of benzene rings is 2. The maximum absolute atomic E-state index is 3.21. The zero-order chi connectivity index (χ0) is 17.6. The van der Waals surface area contributed by atoms with Crippen molar-refractivity contribution in [2.24, 2.45) is 0 Å². The Labute approximate surface area is 155 Å². The Kier molecular flexibility index (Phi) is 4.66. The van der Waals surface area contributed by atoms with Gasteiger partial charge in [-0.1, -0.05) is 0 Å². The Morgan fingerprint density at radius 2 is 0.917 bits per heavy atom. The number of hydrogen-bond donors (Lipinski definition) is 0. The van der Waals surface area contributed by atoms with Crippen molar-refractivity contribution < 1.29 is 17.9 Å². The van der Waals surface area contributed by atoms with E-state index in [1.807, 2.05) is 0 Å². The first-order chi connectivity index (χ1) is 11.3. The molecule has 2 aromatic carbocycles. The molecular formula is C21H26N2Rh. The fourth-order valence-electron chi connectivity index (χ4n) is 4.11. The molecule has 0 aromatic heterocycles. The average molecular weight is 409 g/mol. The SMILES string of the molecule is Cc1cc(C)c(N2CCN(c3c(C)cc(C)cc3C)[C]2=[Rh])c(C)c1. The number of nitrogens with zero attached hydrogens (tertiary/aromatic N) is 2. The normalized spacial score (nSPS) is 14.7. The summed E-state index contributed by atoms with van der Waals surface area (Å²) in [5, 5.41) is 0. The van der Waals surface area contributed by atoms with Gasteiger partial charge in [-0.3, -0.25) is 0 Å². The van der Waals surface area contributed by atoms with Gasteiger partial charge < -0.3 is 0 Å². The first-order valence-electron chi connectivity index (χ1n) is 8.50. The number of anilines is 2. The third-order valence-electron chi connectivity index (χ3n) is 4.78. The summed E-state index contributed by atoms with van der Waals surface area (Å²) in [6, 6.07) is 9.12. The molecule has 0 unspecified atom stereocenters. The van der Waals surface area contributed by atoms with E-state index >= 15 is 0 Å². The van der Waals surface area contributed by atoms with Crippen molar-refractivity contribution in [2.45, 2.75) is 41.5 Å². The molecule has 0 N–H and O–H groups in total. The molecule has 0 spiro atoms. The van der Waals surface area contributed by atoms with Gasteiger partial charge in [-0.05, 0) is 0 Å². The molecule has 0 atom stereocenters. The topological polar surface area (TPSA) is 6.48 Å². The van der Waals surface area contributed by atoms with Crippen molar-refractivity contribution in [3.05, 3.63) is 57.6 Å². The third-order valence-corrected chi connectivity index (χ3v) is 5.66. The van der Waals surface area contributed by atoms with E-state index in [2.05, 4.69) is 93.5 Å². The summed E-state index contributed by atoms with van der Waals surface area (Å²) < 4.78 is 1.22. The Morgan fingerprint density at radius 3 is 1.21 bits per heavy atom. The van der Waals surface area contributed by atoms with Gasteiger partial charge in [0.2, 0.25) is 0 Å². The van der Waals surface area contributed by atoms with Gasteiger partial charge >= 0.3 is 156 Å². The van der Waals surface area contributed by atoms with Crippen LogP contribution in [-0.2, 0) is 17.9 Å². The Morgan fingerprint density at radius 1 is 0.625 bits per heavy atom. The Hall–Kier alpha value is -1.47. The van der Waals surface area contributed by atoms with Crippen molar-refractivity contribution in [3.63, 3.8) is 0 Å². The molecule has 3 heteroatoms. The summed E-state index contributed by atoms with van der Waals surface area (Å²) in [5.74, 6) is 0. The molecule has 1 aliphatic heterocycles. The van der Waals surface area contributed by atoms with Crippen LogP contribution in [0.25, 0.3) is 0 Å². The van der Waals surface area contributed by atoms with Crippen LogP contribution < -0.4 is 9.80 Å². The Balaban J connectivity index is 2.00. The van der Waals surface area contributed by atoms with Gasteiger partial charge in [0.25, 0.3) is 0 Å². The first-order valence-corrected chi connectivity index (χ1v) is 9.32. The van der Waals surface area contributed by atoms with Gasteiger partial charge in [0.05, 0.1) is 0 Å². The third kappa shape index (κ3) is 2.95. The van der Waals surface area contributed by atoms with Gasteiger partial charge in [0.1, 0.15) is 0 Å². The predicted molar refractivity (Wildman–Crippen MR) is 101 cm³/mol. The summed E-state index contributed by atoms with van der Waals surface area (Å²) in [5.41, 5.74) is 10.8. The molecular weight excluding hydrogens is 383 g/mol. The molecule has 0 aliphatic carbocycles. The van der Waals surface area contributed by atoms with Crippen LogP contribution in [-0.4, -0.2) is 17.4 Å². The van der Waals surface area contributed by atoms with E-state index in [4.69, 9.17) is 0 Å². The van der Waals surface area contributed by atoms with E-state index in [0.29, 0.717) is 0 Å². The van der Waals surface area contributed by atoms with E-state index < -0.39 is 0 Å². The Bertz CT molecular complexity index is 709. The van der Waals surface area contributed by atoms with E-state index in [9.17, 15) is 0 Å². The van der Waals surface area contributed by atoms with Crippen LogP contribution in [0.4, 0.5) is 11.4 Å². The van der Waals surface area contributed by atoms with E-state index in [1.165, 1.54) is 49.1 Å². The summed E-state index contributed by atoms with van der Waals surface area (Å²) in [6.07, 6.45) is 0. The second-order valence-corrected chi connectivity index (χ2v) is 7.78. The molecule has 0 bridgehead atoms. The van der Waals surface area contributed by atoms with Crippen LogP contribution >= 0.6 is 0 Å². The molecule has 24 heavy (non-hydrogen) atoms. The van der Waals surface area contributed by atoms with E-state index in [-0.39, 0.29) is 0 Å². The number of hydrogen-bond acceptors (Lipinski definition) is 2. The summed E-state index contributed by atoms with van der Waals surface area (Å²) in [7, 11) is 0. The quantitative estimate of drug-likeness (QED) is 0.674. The fraction of sp³-hybridized carbons (Fsp3) is 0.381. The molecule has 129 valence electrons. The molecule has 0 amide bonds. The standard InChI is InChI=1S/C21H26N2.Rh/c1-14-9-16(3)20(17(4)10-14)22-7-8-23(13-22)21-18(5)11-15(2)12-19(21)6;/h9-12H,7-8H2,1-6H3;. The molecule has 3 rings (SSSR count). The summed E-state index contributed by atoms with van der Waals surface area (Å²) in [6.45, 7) is 15.2. The molecule has 1 fully saturated rings. The monoisotopic (exact) mass is 409 g/mol. The minimum absolute atomic E-state index is 1.02. The van der Waals surface area contributed by atoms with Crippen molar-refractivity contribution in [1.29, 1.82) is 0 Å². The van der Waals surface area contributed by atoms with Gasteiger partial charge in [-0.25, -0.2) is 0 Å². The molecule has 0 radical (unpaired) electrons. The van der Waals surface area contributed by atoms with Gasteiger partial charge in [0.15, 0.2) is 0 Å². The van der Waals surface area contributed by atoms with Crippen LogP contribution in [0.3, 0.4) is 0 Å². The van der Waals surface area contributed by atoms with Crippen molar-refractivity contribution in [2.75, 3.05) is 22.9 Å². The summed E-state index contributed by atoms with van der Waals surface area (Å²) in [4.78, 5) is 4.88. The zero-order valence-corrected chi connectivity index (χ0v) is 17.1. The fourth-order valence-corrected chi connectivity index (χ4v) is 4.85. The van der Waals surface area contributed by atoms with Crippen molar-refractivity contribution in [1.82, 2.24) is 0 Å². The van der Waals surface area contributed by atoms with Gasteiger partial charge in [-0.15, -0.1) is 0 Å². The van der Waals surface area contributed by atoms with E-state index in [1.54, 1.807) is 0 Å². The van der Waals surface area contributed by atoms with Crippen LogP contribution in [0.15, 0.2) is 24.3 Å². The zero-order valence-electron chi connectivity index (χ0n) is 15.5. The molecule has 0 saturated carbocycles. The van der Waals surface area contributed by atoms with Crippen molar-refractivity contribution >= 4 is 15.7 Å². The van der Waals surface area contributed by atoms with Crippen LogP contribution in [0.5, 0.6) is 0 Å². The molecule has 1 heterocycles. The molecule has 1 saturated heterocycles. The van der Waals surface area contributed by atoms with Crippen LogP contribution in [0.1, 0.15) is 33.4 Å². The average Bonchev–Trinajstić information content (AvgIpc) is 2.79. The number of aryl methyl sites for hydroxylation is 6. The second-order valence-electron chi connectivity index (χ2n) is 7.05. The molecule has 2 nitrogen and oxygen atoms in total. The van der Waals surface area contributed by atoms with E-state index in [0.717, 1.165) is 13.1 Å². The number of rotatable bonds is 2. The first kappa shape index (κ1) is 17.4. The molecule has 2 aromatic rings. The minimum atomic E-state index is 1.02. The predicted octanol–water partition coefficient (Wildman–Crippen LogP) is 4.50. The summed E-state index contributed by atoms with van der Waals surface area (Å²) >= 11 is 3.21. The van der Waals surface area contributed by atoms with Crippen LogP contribution in [0, 0.1) is 41.5 Å². The molecule has 1 aliphatic rings. The van der Waals surface area contributed by atoms with Gasteiger partial charge in [-0.2, -0.15) is 0 Å². The van der Waals surface area contributed by atoms with Crippen LogP contribution in [0.2, 0.25) is 0 Å². The maximum atomic E-state index is 3.21. The van der Waals surface area contributed by atoms with Gasteiger partial charge in [0, 0.05) is 0 Å². The second kappa shape index (κ2) is 6.44.